The third-order valence-electron chi connectivity index (χ3n) is 9.30. The lowest BCUT2D eigenvalue weighted by atomic mass is 10.0. The van der Waals surface area contributed by atoms with Crippen molar-refractivity contribution < 1.29 is 4.42 Å². The number of hydrogen-bond donors (Lipinski definition) is 0. The van der Waals surface area contributed by atoms with Crippen molar-refractivity contribution in [2.24, 2.45) is 0 Å². The number of aromatic nitrogens is 2. The van der Waals surface area contributed by atoms with E-state index in [4.69, 9.17) is 4.42 Å². The third kappa shape index (κ3) is 3.52. The molecule has 0 N–H and O–H groups in total. The molecule has 210 valence electrons. The molecule has 3 heterocycles. The Morgan fingerprint density at radius 2 is 0.889 bits per heavy atom. The molecule has 7 aromatic carbocycles. The molecule has 0 saturated heterocycles. The molecule has 45 heavy (non-hydrogen) atoms. The van der Waals surface area contributed by atoms with Gasteiger partial charge in [-0.05, 0) is 77.9 Å². The van der Waals surface area contributed by atoms with E-state index in [1.54, 1.807) is 0 Å². The van der Waals surface area contributed by atoms with Gasteiger partial charge in [-0.15, -0.1) is 0 Å². The quantitative estimate of drug-likeness (QED) is 0.206. The van der Waals surface area contributed by atoms with Gasteiger partial charge in [0.05, 0.1) is 22.1 Å². The Bertz CT molecular complexity index is 2760. The number of benzene rings is 7. The summed E-state index contributed by atoms with van der Waals surface area (Å²) < 4.78 is 11.0. The van der Waals surface area contributed by atoms with Crippen LogP contribution in [0.4, 0.5) is 0 Å². The maximum absolute atomic E-state index is 6.24. The minimum absolute atomic E-state index is 0.909. The van der Waals surface area contributed by atoms with Crippen LogP contribution in [-0.2, 0) is 0 Å². The second-order valence-electron chi connectivity index (χ2n) is 11.8. The summed E-state index contributed by atoms with van der Waals surface area (Å²) in [5.41, 5.74) is 11.2. The summed E-state index contributed by atoms with van der Waals surface area (Å²) in [4.78, 5) is 0. The second kappa shape index (κ2) is 9.22. The number of fused-ring (bicyclic) bond motifs is 9. The Labute approximate surface area is 258 Å². The lowest BCUT2D eigenvalue weighted by Gasteiger charge is -2.11. The fourth-order valence-corrected chi connectivity index (χ4v) is 7.29. The van der Waals surface area contributed by atoms with Crippen molar-refractivity contribution in [2.75, 3.05) is 0 Å². The Kier molecular flexibility index (Phi) is 5.00. The van der Waals surface area contributed by atoms with Gasteiger partial charge in [-0.25, -0.2) is 0 Å². The molecular formula is C42H26N2O. The van der Waals surface area contributed by atoms with Gasteiger partial charge in [0, 0.05) is 43.7 Å². The Morgan fingerprint density at radius 3 is 1.64 bits per heavy atom. The van der Waals surface area contributed by atoms with Crippen LogP contribution in [0.15, 0.2) is 162 Å². The predicted molar refractivity (Wildman–Crippen MR) is 188 cm³/mol. The van der Waals surface area contributed by atoms with Crippen molar-refractivity contribution in [3.8, 4) is 22.5 Å². The summed E-state index contributed by atoms with van der Waals surface area (Å²) >= 11 is 0. The highest BCUT2D eigenvalue weighted by Gasteiger charge is 2.18. The van der Waals surface area contributed by atoms with Gasteiger partial charge in [0.15, 0.2) is 0 Å². The molecule has 0 aliphatic carbocycles. The van der Waals surface area contributed by atoms with Crippen molar-refractivity contribution in [1.82, 2.24) is 9.13 Å². The molecule has 0 radical (unpaired) electrons. The molecule has 10 aromatic rings. The van der Waals surface area contributed by atoms with Crippen LogP contribution in [0.2, 0.25) is 0 Å². The molecule has 0 aliphatic rings. The summed E-state index contributed by atoms with van der Waals surface area (Å²) in [5.74, 6) is 0. The smallest absolute Gasteiger partial charge is 0.136 e. The predicted octanol–water partition coefficient (Wildman–Crippen LogP) is 11.4. The second-order valence-corrected chi connectivity index (χ2v) is 11.8. The highest BCUT2D eigenvalue weighted by atomic mass is 16.3. The highest BCUT2D eigenvalue weighted by Crippen LogP contribution is 2.40. The van der Waals surface area contributed by atoms with Crippen molar-refractivity contribution in [2.45, 2.75) is 0 Å². The first kappa shape index (κ1) is 24.4. The molecule has 0 saturated carbocycles. The minimum Gasteiger partial charge on any atom is -0.456 e. The Hall–Kier alpha value is -6.06. The largest absolute Gasteiger partial charge is 0.456 e. The molecule has 0 aliphatic heterocycles. The average Bonchev–Trinajstić information content (AvgIpc) is 3.74. The Balaban J connectivity index is 1.24. The average molecular weight is 575 g/mol. The number of nitrogens with zero attached hydrogens (tertiary/aromatic N) is 2. The summed E-state index contributed by atoms with van der Waals surface area (Å²) in [6, 6.07) is 56.6. The van der Waals surface area contributed by atoms with Crippen molar-refractivity contribution in [3.63, 3.8) is 0 Å². The Morgan fingerprint density at radius 1 is 0.311 bits per heavy atom. The molecule has 0 spiro atoms. The highest BCUT2D eigenvalue weighted by molar-refractivity contribution is 6.19. The van der Waals surface area contributed by atoms with E-state index in [2.05, 4.69) is 155 Å². The monoisotopic (exact) mass is 574 g/mol. The minimum atomic E-state index is 0.909. The first-order valence-corrected chi connectivity index (χ1v) is 15.4. The number of furan rings is 1. The molecule has 3 nitrogen and oxygen atoms in total. The summed E-state index contributed by atoms with van der Waals surface area (Å²) in [5, 5.41) is 7.32. The van der Waals surface area contributed by atoms with Gasteiger partial charge in [0.1, 0.15) is 11.2 Å². The summed E-state index contributed by atoms with van der Waals surface area (Å²) in [6.45, 7) is 0. The number of para-hydroxylation sites is 4. The normalized spacial score (nSPS) is 12.0. The maximum atomic E-state index is 6.24. The molecule has 0 atom stereocenters. The first-order chi connectivity index (χ1) is 22.3. The van der Waals surface area contributed by atoms with Crippen LogP contribution in [0.3, 0.4) is 0 Å². The van der Waals surface area contributed by atoms with E-state index in [-0.39, 0.29) is 0 Å². The number of rotatable bonds is 3. The van der Waals surface area contributed by atoms with Crippen LogP contribution in [0.5, 0.6) is 0 Å². The van der Waals surface area contributed by atoms with E-state index in [1.165, 1.54) is 43.6 Å². The van der Waals surface area contributed by atoms with Gasteiger partial charge >= 0.3 is 0 Å². The molecule has 0 amide bonds. The van der Waals surface area contributed by atoms with Gasteiger partial charge in [-0.1, -0.05) is 91.0 Å². The van der Waals surface area contributed by atoms with E-state index in [0.29, 0.717) is 0 Å². The fraction of sp³-hybridized carbons (Fsp3) is 0. The lowest BCUT2D eigenvalue weighted by molar-refractivity contribution is 0.669. The zero-order valence-electron chi connectivity index (χ0n) is 24.3. The van der Waals surface area contributed by atoms with Crippen LogP contribution in [0, 0.1) is 0 Å². The molecule has 0 fully saturated rings. The molecular weight excluding hydrogens is 548 g/mol. The summed E-state index contributed by atoms with van der Waals surface area (Å²) in [7, 11) is 0. The zero-order valence-corrected chi connectivity index (χ0v) is 24.3. The molecule has 0 bridgehead atoms. The number of hydrogen-bond acceptors (Lipinski definition) is 1. The van der Waals surface area contributed by atoms with Crippen molar-refractivity contribution in [1.29, 1.82) is 0 Å². The standard InChI is InChI=1S/C42H26N2O/c1-2-12-29(13-3-1)43-37-18-7-4-15-31(37)35-25-36-32-16-5-8-19-38(32)44(40(36)26-39(35)43)30-14-10-11-27(23-30)28-21-22-34-33-17-6-9-20-41(33)45-42(34)24-28/h1-26H. The van der Waals surface area contributed by atoms with E-state index in [0.717, 1.165) is 44.4 Å². The SMILES string of the molecule is c1ccc(-n2c3ccccc3c3cc4c5ccccc5n(-c5cccc(-c6ccc7c(c6)oc6ccccc67)c5)c4cc32)cc1. The first-order valence-electron chi connectivity index (χ1n) is 15.4. The van der Waals surface area contributed by atoms with Crippen LogP contribution >= 0.6 is 0 Å². The third-order valence-corrected chi connectivity index (χ3v) is 9.30. The lowest BCUT2D eigenvalue weighted by Crippen LogP contribution is -1.96. The van der Waals surface area contributed by atoms with Gasteiger partial charge < -0.3 is 13.6 Å². The maximum Gasteiger partial charge on any atom is 0.136 e. The topological polar surface area (TPSA) is 23.0 Å². The van der Waals surface area contributed by atoms with Crippen LogP contribution in [0.1, 0.15) is 0 Å². The van der Waals surface area contributed by atoms with E-state index >= 15 is 0 Å². The molecule has 3 aromatic heterocycles. The van der Waals surface area contributed by atoms with Crippen LogP contribution in [-0.4, -0.2) is 9.13 Å². The van der Waals surface area contributed by atoms with Gasteiger partial charge in [-0.2, -0.15) is 0 Å². The van der Waals surface area contributed by atoms with Crippen LogP contribution in [0.25, 0.3) is 88.1 Å². The van der Waals surface area contributed by atoms with E-state index in [1.807, 2.05) is 12.1 Å². The van der Waals surface area contributed by atoms with Crippen LogP contribution < -0.4 is 0 Å². The van der Waals surface area contributed by atoms with Gasteiger partial charge in [0.25, 0.3) is 0 Å². The molecule has 0 unspecified atom stereocenters. The summed E-state index contributed by atoms with van der Waals surface area (Å²) in [6.07, 6.45) is 0. The van der Waals surface area contributed by atoms with E-state index < -0.39 is 0 Å². The van der Waals surface area contributed by atoms with Gasteiger partial charge in [0.2, 0.25) is 0 Å². The zero-order chi connectivity index (χ0) is 29.5. The fourth-order valence-electron chi connectivity index (χ4n) is 7.29. The van der Waals surface area contributed by atoms with Gasteiger partial charge in [-0.3, -0.25) is 0 Å². The van der Waals surface area contributed by atoms with Crippen molar-refractivity contribution in [3.05, 3.63) is 158 Å². The molecule has 10 rings (SSSR count). The van der Waals surface area contributed by atoms with E-state index in [9.17, 15) is 0 Å². The van der Waals surface area contributed by atoms with Crippen molar-refractivity contribution >= 4 is 65.6 Å². The molecule has 3 heteroatoms.